The Morgan fingerprint density at radius 3 is 2.49 bits per heavy atom. The molecule has 35 heavy (non-hydrogen) atoms. The summed E-state index contributed by atoms with van der Waals surface area (Å²) in [6.07, 6.45) is 0. The standard InChI is InChI=1S/C23H23N3O8S/c1-23(2)19(22(29)30)25-20(28)18(21(25)35(23)33)15-5-3-4-6-16(15)34-12-17(27)24-11-13-7-9-14(10-8-13)26(31)32/h3-10,18-19,21H,11-12H2,1-2H3,(H,24,27)(H,29,30)/t18?,19?,21-,35?/m0/s1. The zero-order valence-electron chi connectivity index (χ0n) is 18.9. The SMILES string of the molecule is CC1(C)C(C(=O)O)N2C(=O)C(c3ccccc3OCC(=O)NCc3ccc([N+](=O)[O-])cc3)[C@@H]2S1=O. The fourth-order valence-electron chi connectivity index (χ4n) is 4.45. The summed E-state index contributed by atoms with van der Waals surface area (Å²) in [7, 11) is -1.63. The number of benzene rings is 2. The average Bonchev–Trinajstić information content (AvgIpc) is 3.00. The minimum Gasteiger partial charge on any atom is -0.483 e. The Labute approximate surface area is 202 Å². The first-order chi connectivity index (χ1) is 16.5. The van der Waals surface area contributed by atoms with E-state index < -0.39 is 55.6 Å². The van der Waals surface area contributed by atoms with Crippen LogP contribution in [0.1, 0.15) is 30.9 Å². The molecule has 184 valence electrons. The quantitative estimate of drug-likeness (QED) is 0.313. The van der Waals surface area contributed by atoms with Gasteiger partial charge in [0.2, 0.25) is 5.91 Å². The van der Waals surface area contributed by atoms with E-state index in [1.807, 2.05) is 0 Å². The second-order valence-electron chi connectivity index (χ2n) is 8.78. The van der Waals surface area contributed by atoms with Gasteiger partial charge < -0.3 is 20.1 Å². The zero-order valence-corrected chi connectivity index (χ0v) is 19.7. The number of fused-ring (bicyclic) bond motifs is 1. The van der Waals surface area contributed by atoms with Crippen LogP contribution in [0.5, 0.6) is 5.75 Å². The van der Waals surface area contributed by atoms with Crippen molar-refractivity contribution >= 4 is 34.3 Å². The Bertz CT molecular complexity index is 1230. The summed E-state index contributed by atoms with van der Waals surface area (Å²) < 4.78 is 17.6. The van der Waals surface area contributed by atoms with Crippen LogP contribution >= 0.6 is 0 Å². The largest absolute Gasteiger partial charge is 0.483 e. The highest BCUT2D eigenvalue weighted by atomic mass is 32.2. The fourth-order valence-corrected chi connectivity index (χ4v) is 6.44. The summed E-state index contributed by atoms with van der Waals surface area (Å²) in [4.78, 5) is 48.4. The van der Waals surface area contributed by atoms with Crippen LogP contribution in [0.15, 0.2) is 48.5 Å². The van der Waals surface area contributed by atoms with Gasteiger partial charge in [0.05, 0.1) is 26.4 Å². The van der Waals surface area contributed by atoms with E-state index in [2.05, 4.69) is 5.32 Å². The van der Waals surface area contributed by atoms with Gasteiger partial charge in [0, 0.05) is 24.2 Å². The first-order valence-corrected chi connectivity index (χ1v) is 11.9. The lowest BCUT2D eigenvalue weighted by Crippen LogP contribution is -2.61. The van der Waals surface area contributed by atoms with E-state index in [1.54, 1.807) is 38.1 Å². The number of carboxylic acid groups (broad SMARTS) is 1. The van der Waals surface area contributed by atoms with Crippen molar-refractivity contribution in [3.63, 3.8) is 0 Å². The van der Waals surface area contributed by atoms with E-state index in [0.717, 1.165) is 0 Å². The summed E-state index contributed by atoms with van der Waals surface area (Å²) >= 11 is 0. The summed E-state index contributed by atoms with van der Waals surface area (Å²) in [5, 5.41) is 22.2. The van der Waals surface area contributed by atoms with Gasteiger partial charge in [-0.2, -0.15) is 0 Å². The molecule has 0 saturated carbocycles. The van der Waals surface area contributed by atoms with Gasteiger partial charge in [-0.15, -0.1) is 0 Å². The van der Waals surface area contributed by atoms with Gasteiger partial charge in [0.15, 0.2) is 6.61 Å². The molecule has 2 aliphatic rings. The van der Waals surface area contributed by atoms with Crippen LogP contribution in [0.2, 0.25) is 0 Å². The number of amides is 2. The fraction of sp³-hybridized carbons (Fsp3) is 0.348. The second-order valence-corrected chi connectivity index (χ2v) is 10.9. The van der Waals surface area contributed by atoms with Gasteiger partial charge in [0.1, 0.15) is 17.2 Å². The van der Waals surface area contributed by atoms with Crippen LogP contribution in [0.3, 0.4) is 0 Å². The van der Waals surface area contributed by atoms with Gasteiger partial charge in [-0.3, -0.25) is 23.9 Å². The predicted octanol–water partition coefficient (Wildman–Crippen LogP) is 1.54. The third-order valence-corrected chi connectivity index (χ3v) is 8.44. The molecule has 0 bridgehead atoms. The van der Waals surface area contributed by atoms with Crippen molar-refractivity contribution in [2.24, 2.45) is 0 Å². The molecule has 11 nitrogen and oxygen atoms in total. The molecule has 4 atom stereocenters. The molecule has 2 saturated heterocycles. The number of carbonyl (C=O) groups is 3. The highest BCUT2D eigenvalue weighted by Crippen LogP contribution is 2.51. The van der Waals surface area contributed by atoms with E-state index in [0.29, 0.717) is 11.1 Å². The Morgan fingerprint density at radius 2 is 1.86 bits per heavy atom. The van der Waals surface area contributed by atoms with E-state index in [1.165, 1.54) is 29.2 Å². The lowest BCUT2D eigenvalue weighted by atomic mass is 9.86. The summed E-state index contributed by atoms with van der Waals surface area (Å²) in [6, 6.07) is 11.2. The topological polar surface area (TPSA) is 156 Å². The van der Waals surface area contributed by atoms with Crippen molar-refractivity contribution in [1.29, 1.82) is 0 Å². The maximum absolute atomic E-state index is 13.1. The van der Waals surface area contributed by atoms with Gasteiger partial charge >= 0.3 is 5.97 Å². The summed E-state index contributed by atoms with van der Waals surface area (Å²) in [6.45, 7) is 2.93. The van der Waals surface area contributed by atoms with E-state index >= 15 is 0 Å². The predicted molar refractivity (Wildman–Crippen MR) is 124 cm³/mol. The molecule has 12 heteroatoms. The molecule has 2 aliphatic heterocycles. The van der Waals surface area contributed by atoms with Crippen molar-refractivity contribution in [2.45, 2.75) is 42.5 Å². The number of rotatable bonds is 8. The lowest BCUT2D eigenvalue weighted by Gasteiger charge is -2.43. The van der Waals surface area contributed by atoms with E-state index in [4.69, 9.17) is 4.74 Å². The molecule has 2 heterocycles. The van der Waals surface area contributed by atoms with Crippen LogP contribution in [0.4, 0.5) is 5.69 Å². The Morgan fingerprint density at radius 1 is 1.20 bits per heavy atom. The number of hydrogen-bond donors (Lipinski definition) is 2. The van der Waals surface area contributed by atoms with Crippen LogP contribution in [0, 0.1) is 10.1 Å². The number of nitrogens with zero attached hydrogens (tertiary/aromatic N) is 2. The third kappa shape index (κ3) is 4.25. The van der Waals surface area contributed by atoms with E-state index in [9.17, 15) is 33.8 Å². The number of para-hydroxylation sites is 1. The summed E-state index contributed by atoms with van der Waals surface area (Å²) in [5.74, 6) is -2.66. The van der Waals surface area contributed by atoms with Gasteiger partial charge in [-0.1, -0.05) is 30.3 Å². The minimum absolute atomic E-state index is 0.0506. The molecule has 0 radical (unpaired) electrons. The number of hydrogen-bond acceptors (Lipinski definition) is 7. The summed E-state index contributed by atoms with van der Waals surface area (Å²) in [5.41, 5.74) is 1.06. The van der Waals surface area contributed by atoms with Crippen molar-refractivity contribution in [3.05, 3.63) is 69.8 Å². The average molecular weight is 502 g/mol. The Kier molecular flexibility index (Phi) is 6.32. The number of nitro groups is 1. The number of aliphatic carboxylic acids is 1. The van der Waals surface area contributed by atoms with Crippen LogP contribution in [-0.2, 0) is 31.7 Å². The van der Waals surface area contributed by atoms with Gasteiger partial charge in [0.25, 0.3) is 11.6 Å². The molecule has 2 N–H and O–H groups in total. The smallest absolute Gasteiger partial charge is 0.327 e. The Balaban J connectivity index is 1.42. The maximum atomic E-state index is 13.1. The van der Waals surface area contributed by atoms with Crippen LogP contribution in [-0.4, -0.2) is 59.7 Å². The molecule has 2 fully saturated rings. The van der Waals surface area contributed by atoms with Crippen LogP contribution in [0.25, 0.3) is 0 Å². The van der Waals surface area contributed by atoms with Crippen LogP contribution < -0.4 is 10.1 Å². The highest BCUT2D eigenvalue weighted by molar-refractivity contribution is 7.87. The molecule has 2 amide bonds. The minimum atomic E-state index is -1.63. The molecular weight excluding hydrogens is 478 g/mol. The zero-order chi connectivity index (χ0) is 25.5. The molecule has 4 rings (SSSR count). The number of nitrogens with one attached hydrogen (secondary N) is 1. The van der Waals surface area contributed by atoms with Crippen molar-refractivity contribution in [3.8, 4) is 5.75 Å². The number of β-lactam (4-membered cyclic amide) rings is 1. The lowest BCUT2D eigenvalue weighted by molar-refractivity contribution is -0.384. The molecule has 0 aromatic heterocycles. The number of carbonyl (C=O) groups excluding carboxylic acids is 2. The molecular formula is C23H23N3O8S. The molecule has 3 unspecified atom stereocenters. The number of ether oxygens (including phenoxy) is 1. The molecule has 0 spiro atoms. The Hall–Kier alpha value is -3.80. The highest BCUT2D eigenvalue weighted by Gasteiger charge is 2.68. The van der Waals surface area contributed by atoms with Crippen molar-refractivity contribution < 1.29 is 33.4 Å². The van der Waals surface area contributed by atoms with E-state index in [-0.39, 0.29) is 24.6 Å². The second kappa shape index (κ2) is 9.10. The van der Waals surface area contributed by atoms with Crippen molar-refractivity contribution in [1.82, 2.24) is 10.2 Å². The van der Waals surface area contributed by atoms with Gasteiger partial charge in [-0.05, 0) is 25.5 Å². The third-order valence-electron chi connectivity index (χ3n) is 6.24. The molecule has 2 aromatic rings. The number of non-ortho nitro benzene ring substituents is 1. The monoisotopic (exact) mass is 501 g/mol. The normalized spacial score (nSPS) is 24.3. The molecule has 2 aromatic carbocycles. The molecule has 0 aliphatic carbocycles. The maximum Gasteiger partial charge on any atom is 0.327 e. The number of nitro benzene ring substituents is 1. The first-order valence-electron chi connectivity index (χ1n) is 10.7. The van der Waals surface area contributed by atoms with Crippen molar-refractivity contribution in [2.75, 3.05) is 6.61 Å². The first kappa shape index (κ1) is 24.3. The number of carboxylic acids is 1. The van der Waals surface area contributed by atoms with Gasteiger partial charge in [-0.25, -0.2) is 4.79 Å².